The van der Waals surface area contributed by atoms with Gasteiger partial charge in [-0.25, -0.2) is 9.59 Å². The molecule has 0 fully saturated rings. The standard InChI is InChI=1S/C16H23NO5/c1-15(2,3)20-13(18)17(12-10-8-7-9-11-12)22-14(19)21-16(4,5)6/h7-11H,1-6H3. The summed E-state index contributed by atoms with van der Waals surface area (Å²) >= 11 is 0. The van der Waals surface area contributed by atoms with Crippen LogP contribution in [-0.4, -0.2) is 23.5 Å². The van der Waals surface area contributed by atoms with E-state index in [9.17, 15) is 9.59 Å². The molecule has 0 aromatic heterocycles. The first-order valence-electron chi connectivity index (χ1n) is 6.97. The van der Waals surface area contributed by atoms with Crippen molar-refractivity contribution in [2.24, 2.45) is 0 Å². The van der Waals surface area contributed by atoms with Gasteiger partial charge in [0.25, 0.3) is 0 Å². The van der Waals surface area contributed by atoms with Crippen LogP contribution in [0.25, 0.3) is 0 Å². The van der Waals surface area contributed by atoms with Crippen molar-refractivity contribution in [2.45, 2.75) is 52.7 Å². The summed E-state index contributed by atoms with van der Waals surface area (Å²) in [6, 6.07) is 8.45. The molecule has 0 aliphatic rings. The maximum Gasteiger partial charge on any atom is 0.534 e. The van der Waals surface area contributed by atoms with Crippen LogP contribution in [0.1, 0.15) is 41.5 Å². The molecule has 122 valence electrons. The molecule has 0 unspecified atom stereocenters. The van der Waals surface area contributed by atoms with Gasteiger partial charge in [0.2, 0.25) is 0 Å². The highest BCUT2D eigenvalue weighted by Crippen LogP contribution is 2.19. The van der Waals surface area contributed by atoms with E-state index in [2.05, 4.69) is 0 Å². The van der Waals surface area contributed by atoms with Crippen LogP contribution in [0.5, 0.6) is 0 Å². The van der Waals surface area contributed by atoms with Crippen molar-refractivity contribution < 1.29 is 23.9 Å². The molecule has 6 heteroatoms. The van der Waals surface area contributed by atoms with Gasteiger partial charge in [-0.2, -0.15) is 0 Å². The van der Waals surface area contributed by atoms with Gasteiger partial charge in [-0.05, 0) is 53.7 Å². The first-order chi connectivity index (χ1) is 9.98. The van der Waals surface area contributed by atoms with Gasteiger partial charge in [0.15, 0.2) is 0 Å². The molecule has 1 amide bonds. The van der Waals surface area contributed by atoms with Gasteiger partial charge in [-0.15, -0.1) is 5.06 Å². The van der Waals surface area contributed by atoms with Crippen LogP contribution in [0, 0.1) is 0 Å². The Hall–Kier alpha value is -2.24. The van der Waals surface area contributed by atoms with Gasteiger partial charge >= 0.3 is 12.2 Å². The zero-order chi connectivity index (χ0) is 17.0. The molecular weight excluding hydrogens is 286 g/mol. The van der Waals surface area contributed by atoms with Gasteiger partial charge in [-0.1, -0.05) is 18.2 Å². The number of hydrogen-bond acceptors (Lipinski definition) is 5. The molecule has 22 heavy (non-hydrogen) atoms. The molecule has 0 aliphatic carbocycles. The minimum atomic E-state index is -0.984. The van der Waals surface area contributed by atoms with Gasteiger partial charge in [0, 0.05) is 0 Å². The van der Waals surface area contributed by atoms with E-state index in [0.717, 1.165) is 5.06 Å². The van der Waals surface area contributed by atoms with Crippen molar-refractivity contribution in [3.8, 4) is 0 Å². The minimum absolute atomic E-state index is 0.364. The van der Waals surface area contributed by atoms with E-state index in [-0.39, 0.29) is 0 Å². The summed E-state index contributed by atoms with van der Waals surface area (Å²) in [7, 11) is 0. The fraction of sp³-hybridized carbons (Fsp3) is 0.500. The van der Waals surface area contributed by atoms with E-state index in [4.69, 9.17) is 14.3 Å². The Balaban J connectivity index is 2.93. The first kappa shape index (κ1) is 17.8. The number of carbonyl (C=O) groups is 2. The smallest absolute Gasteiger partial charge is 0.441 e. The average molecular weight is 309 g/mol. The predicted octanol–water partition coefficient (Wildman–Crippen LogP) is 4.29. The molecule has 0 N–H and O–H groups in total. The summed E-state index contributed by atoms with van der Waals surface area (Å²) in [6.45, 7) is 10.3. The number of ether oxygens (including phenoxy) is 2. The molecule has 1 rings (SSSR count). The van der Waals surface area contributed by atoms with Crippen LogP contribution in [0.4, 0.5) is 15.3 Å². The van der Waals surface area contributed by atoms with Crippen LogP contribution >= 0.6 is 0 Å². The molecular formula is C16H23NO5. The van der Waals surface area contributed by atoms with Crippen molar-refractivity contribution in [1.82, 2.24) is 0 Å². The minimum Gasteiger partial charge on any atom is -0.441 e. The van der Waals surface area contributed by atoms with Gasteiger partial charge < -0.3 is 9.47 Å². The lowest BCUT2D eigenvalue weighted by Gasteiger charge is -2.27. The Kier molecular flexibility index (Phi) is 5.41. The summed E-state index contributed by atoms with van der Waals surface area (Å²) in [4.78, 5) is 29.1. The van der Waals surface area contributed by atoms with E-state index in [1.807, 2.05) is 0 Å². The van der Waals surface area contributed by atoms with E-state index in [1.54, 1.807) is 71.9 Å². The van der Waals surface area contributed by atoms with Crippen molar-refractivity contribution in [1.29, 1.82) is 0 Å². The molecule has 0 aliphatic heterocycles. The van der Waals surface area contributed by atoms with E-state index in [0.29, 0.717) is 5.69 Å². The maximum atomic E-state index is 12.2. The monoisotopic (exact) mass is 309 g/mol. The van der Waals surface area contributed by atoms with E-state index in [1.165, 1.54) is 0 Å². The van der Waals surface area contributed by atoms with Gasteiger partial charge in [-0.3, -0.25) is 4.84 Å². The van der Waals surface area contributed by atoms with Gasteiger partial charge in [0.1, 0.15) is 11.2 Å². The lowest BCUT2D eigenvalue weighted by Crippen LogP contribution is -2.39. The Labute approximate surface area is 130 Å². The van der Waals surface area contributed by atoms with Crippen molar-refractivity contribution >= 4 is 17.9 Å². The molecule has 0 bridgehead atoms. The molecule has 1 aromatic rings. The number of anilines is 1. The molecule has 0 spiro atoms. The van der Waals surface area contributed by atoms with Crippen molar-refractivity contribution in [3.63, 3.8) is 0 Å². The number of hydroxylamine groups is 1. The third kappa shape index (κ3) is 6.47. The summed E-state index contributed by atoms with van der Waals surface area (Å²) in [5, 5.41) is 0.777. The van der Waals surface area contributed by atoms with Crippen LogP contribution in [0.3, 0.4) is 0 Å². The maximum absolute atomic E-state index is 12.2. The van der Waals surface area contributed by atoms with Crippen LogP contribution in [-0.2, 0) is 14.3 Å². The van der Waals surface area contributed by atoms with E-state index >= 15 is 0 Å². The highest BCUT2D eigenvalue weighted by Gasteiger charge is 2.29. The number of hydrogen-bond donors (Lipinski definition) is 0. The SMILES string of the molecule is CC(C)(C)OC(=O)ON(C(=O)OC(C)(C)C)c1ccccc1. The fourth-order valence-electron chi connectivity index (χ4n) is 1.41. The molecule has 0 saturated carbocycles. The topological polar surface area (TPSA) is 65.1 Å². The number of para-hydroxylation sites is 1. The lowest BCUT2D eigenvalue weighted by molar-refractivity contribution is -0.0205. The molecule has 0 radical (unpaired) electrons. The fourth-order valence-corrected chi connectivity index (χ4v) is 1.41. The highest BCUT2D eigenvalue weighted by atomic mass is 16.8. The first-order valence-corrected chi connectivity index (χ1v) is 6.97. The Morgan fingerprint density at radius 3 is 1.82 bits per heavy atom. The lowest BCUT2D eigenvalue weighted by atomic mass is 10.2. The molecule has 1 aromatic carbocycles. The largest absolute Gasteiger partial charge is 0.534 e. The Morgan fingerprint density at radius 2 is 1.36 bits per heavy atom. The molecule has 0 saturated heterocycles. The number of carbonyl (C=O) groups excluding carboxylic acids is 2. The zero-order valence-electron chi connectivity index (χ0n) is 13.9. The summed E-state index contributed by atoms with van der Waals surface area (Å²) in [5.41, 5.74) is -1.09. The van der Waals surface area contributed by atoms with E-state index < -0.39 is 23.5 Å². The number of nitrogens with zero attached hydrogens (tertiary/aromatic N) is 1. The molecule has 6 nitrogen and oxygen atoms in total. The quantitative estimate of drug-likeness (QED) is 0.572. The average Bonchev–Trinajstić information content (AvgIpc) is 2.32. The number of rotatable bonds is 1. The predicted molar refractivity (Wildman–Crippen MR) is 82.5 cm³/mol. The third-order valence-electron chi connectivity index (χ3n) is 2.11. The molecule has 0 atom stereocenters. The second kappa shape index (κ2) is 6.68. The van der Waals surface area contributed by atoms with Crippen LogP contribution in [0.15, 0.2) is 30.3 Å². The van der Waals surface area contributed by atoms with Crippen LogP contribution < -0.4 is 5.06 Å². The highest BCUT2D eigenvalue weighted by molar-refractivity contribution is 5.87. The number of benzene rings is 1. The van der Waals surface area contributed by atoms with Gasteiger partial charge in [0.05, 0.1) is 5.69 Å². The van der Waals surface area contributed by atoms with Crippen LogP contribution in [0.2, 0.25) is 0 Å². The summed E-state index contributed by atoms with van der Waals surface area (Å²) < 4.78 is 10.3. The zero-order valence-corrected chi connectivity index (χ0v) is 13.9. The summed E-state index contributed by atoms with van der Waals surface area (Å²) in [5.74, 6) is 0. The second-order valence-electron chi connectivity index (χ2n) is 6.67. The van der Waals surface area contributed by atoms with Crippen molar-refractivity contribution in [3.05, 3.63) is 30.3 Å². The number of amides is 1. The Bertz CT molecular complexity index is 514. The Morgan fingerprint density at radius 1 is 0.864 bits per heavy atom. The third-order valence-corrected chi connectivity index (χ3v) is 2.11. The molecule has 0 heterocycles. The summed E-state index contributed by atoms with van der Waals surface area (Å²) in [6.07, 6.45) is -1.79. The normalized spacial score (nSPS) is 11.5. The van der Waals surface area contributed by atoms with Crippen molar-refractivity contribution in [2.75, 3.05) is 5.06 Å². The second-order valence-corrected chi connectivity index (χ2v) is 6.67.